The number of rotatable bonds is 3. The fourth-order valence-electron chi connectivity index (χ4n) is 3.06. The molecule has 4 nitrogen and oxygen atoms in total. The highest BCUT2D eigenvalue weighted by atomic mass is 16.5. The molecule has 0 bridgehead atoms. The Morgan fingerprint density at radius 1 is 1.30 bits per heavy atom. The van der Waals surface area contributed by atoms with Crippen molar-refractivity contribution in [2.75, 3.05) is 12.8 Å². The Labute approximate surface area is 119 Å². The molecule has 0 unspecified atom stereocenters. The molecule has 4 heteroatoms. The SMILES string of the molecule is COc1cccc(-c2nc(C3CCCC3)n(C)c2N)c1. The highest BCUT2D eigenvalue weighted by Gasteiger charge is 2.24. The first-order valence-electron chi connectivity index (χ1n) is 7.17. The van der Waals surface area contributed by atoms with Crippen LogP contribution in [0.1, 0.15) is 37.4 Å². The van der Waals surface area contributed by atoms with Gasteiger partial charge in [0.25, 0.3) is 0 Å². The van der Waals surface area contributed by atoms with Crippen molar-refractivity contribution in [3.63, 3.8) is 0 Å². The summed E-state index contributed by atoms with van der Waals surface area (Å²) in [5, 5.41) is 0. The molecule has 1 aromatic carbocycles. The minimum absolute atomic E-state index is 0.557. The standard InChI is InChI=1S/C16H21N3O/c1-19-15(17)14(12-8-5-9-13(10-12)20-2)18-16(19)11-6-3-4-7-11/h5,8-11H,3-4,6-7,17H2,1-2H3. The number of nitrogen functional groups attached to an aromatic ring is 1. The van der Waals surface area contributed by atoms with Crippen molar-refractivity contribution in [3.8, 4) is 17.0 Å². The Morgan fingerprint density at radius 3 is 2.75 bits per heavy atom. The van der Waals surface area contributed by atoms with Crippen LogP contribution in [0.25, 0.3) is 11.3 Å². The maximum atomic E-state index is 6.25. The maximum Gasteiger partial charge on any atom is 0.131 e. The van der Waals surface area contributed by atoms with Gasteiger partial charge in [0.05, 0.1) is 7.11 Å². The molecule has 3 rings (SSSR count). The van der Waals surface area contributed by atoms with E-state index in [1.165, 1.54) is 25.7 Å². The summed E-state index contributed by atoms with van der Waals surface area (Å²) < 4.78 is 7.32. The number of hydrogen-bond donors (Lipinski definition) is 1. The van der Waals surface area contributed by atoms with E-state index in [4.69, 9.17) is 15.5 Å². The summed E-state index contributed by atoms with van der Waals surface area (Å²) in [6.45, 7) is 0. The molecule has 2 aromatic rings. The Balaban J connectivity index is 2.03. The Hall–Kier alpha value is -1.97. The molecule has 1 saturated carbocycles. The van der Waals surface area contributed by atoms with Crippen molar-refractivity contribution in [3.05, 3.63) is 30.1 Å². The van der Waals surface area contributed by atoms with E-state index in [9.17, 15) is 0 Å². The second-order valence-electron chi connectivity index (χ2n) is 5.48. The molecule has 1 heterocycles. The summed E-state index contributed by atoms with van der Waals surface area (Å²) in [4.78, 5) is 4.82. The summed E-state index contributed by atoms with van der Waals surface area (Å²) >= 11 is 0. The predicted octanol–water partition coefficient (Wildman–Crippen LogP) is 3.34. The van der Waals surface area contributed by atoms with Crippen molar-refractivity contribution in [1.82, 2.24) is 9.55 Å². The fraction of sp³-hybridized carbons (Fsp3) is 0.438. The Morgan fingerprint density at radius 2 is 2.05 bits per heavy atom. The average molecular weight is 271 g/mol. The summed E-state index contributed by atoms with van der Waals surface area (Å²) in [7, 11) is 3.69. The van der Waals surface area contributed by atoms with Crippen LogP contribution in [0.2, 0.25) is 0 Å². The smallest absolute Gasteiger partial charge is 0.131 e. The lowest BCUT2D eigenvalue weighted by molar-refractivity contribution is 0.415. The molecule has 1 aliphatic carbocycles. The lowest BCUT2D eigenvalue weighted by Gasteiger charge is -2.08. The zero-order valence-corrected chi connectivity index (χ0v) is 12.1. The number of anilines is 1. The van der Waals surface area contributed by atoms with E-state index in [0.717, 1.165) is 28.6 Å². The number of nitrogens with zero attached hydrogens (tertiary/aromatic N) is 2. The van der Waals surface area contributed by atoms with Crippen LogP contribution in [-0.4, -0.2) is 16.7 Å². The first-order chi connectivity index (χ1) is 9.70. The topological polar surface area (TPSA) is 53.1 Å². The van der Waals surface area contributed by atoms with Crippen molar-refractivity contribution in [2.45, 2.75) is 31.6 Å². The fourth-order valence-corrected chi connectivity index (χ4v) is 3.06. The van der Waals surface area contributed by atoms with E-state index in [1.54, 1.807) is 7.11 Å². The van der Waals surface area contributed by atoms with Gasteiger partial charge in [-0.05, 0) is 25.0 Å². The van der Waals surface area contributed by atoms with E-state index in [0.29, 0.717) is 5.92 Å². The zero-order chi connectivity index (χ0) is 14.1. The van der Waals surface area contributed by atoms with Crippen LogP contribution < -0.4 is 10.5 Å². The van der Waals surface area contributed by atoms with Gasteiger partial charge in [-0.25, -0.2) is 4.98 Å². The summed E-state index contributed by atoms with van der Waals surface area (Å²) in [5.74, 6) is 3.25. The molecule has 0 amide bonds. The molecular weight excluding hydrogens is 250 g/mol. The van der Waals surface area contributed by atoms with Gasteiger partial charge in [0.2, 0.25) is 0 Å². The lowest BCUT2D eigenvalue weighted by Crippen LogP contribution is -2.05. The summed E-state index contributed by atoms with van der Waals surface area (Å²) in [6, 6.07) is 7.91. The maximum absolute atomic E-state index is 6.25. The van der Waals surface area contributed by atoms with Crippen molar-refractivity contribution in [1.29, 1.82) is 0 Å². The van der Waals surface area contributed by atoms with Crippen LogP contribution in [0.15, 0.2) is 24.3 Å². The van der Waals surface area contributed by atoms with E-state index in [1.807, 2.05) is 35.9 Å². The van der Waals surface area contributed by atoms with E-state index < -0.39 is 0 Å². The van der Waals surface area contributed by atoms with Gasteiger partial charge < -0.3 is 15.0 Å². The van der Waals surface area contributed by atoms with Gasteiger partial charge in [-0.2, -0.15) is 0 Å². The van der Waals surface area contributed by atoms with Crippen LogP contribution in [0, 0.1) is 0 Å². The van der Waals surface area contributed by atoms with Gasteiger partial charge in [-0.15, -0.1) is 0 Å². The number of hydrogen-bond acceptors (Lipinski definition) is 3. The highest BCUT2D eigenvalue weighted by molar-refractivity contribution is 5.72. The third-order valence-corrected chi connectivity index (χ3v) is 4.24. The number of aromatic nitrogens is 2. The van der Waals surface area contributed by atoms with Crippen LogP contribution in [0.5, 0.6) is 5.75 Å². The van der Waals surface area contributed by atoms with Gasteiger partial charge in [0.1, 0.15) is 23.1 Å². The van der Waals surface area contributed by atoms with E-state index in [2.05, 4.69) is 0 Å². The van der Waals surface area contributed by atoms with Gasteiger partial charge in [0.15, 0.2) is 0 Å². The first kappa shape index (κ1) is 13.0. The number of methoxy groups -OCH3 is 1. The normalized spacial score (nSPS) is 15.7. The third kappa shape index (κ3) is 2.15. The molecule has 20 heavy (non-hydrogen) atoms. The molecule has 1 aromatic heterocycles. The second-order valence-corrected chi connectivity index (χ2v) is 5.48. The van der Waals surface area contributed by atoms with E-state index >= 15 is 0 Å². The van der Waals surface area contributed by atoms with Crippen LogP contribution in [0.3, 0.4) is 0 Å². The molecule has 0 atom stereocenters. The molecule has 106 valence electrons. The van der Waals surface area contributed by atoms with Crippen molar-refractivity contribution >= 4 is 5.82 Å². The minimum Gasteiger partial charge on any atom is -0.497 e. The van der Waals surface area contributed by atoms with Crippen LogP contribution in [-0.2, 0) is 7.05 Å². The number of benzene rings is 1. The largest absolute Gasteiger partial charge is 0.497 e. The minimum atomic E-state index is 0.557. The first-order valence-corrected chi connectivity index (χ1v) is 7.17. The lowest BCUT2D eigenvalue weighted by atomic mass is 10.1. The van der Waals surface area contributed by atoms with Crippen molar-refractivity contribution < 1.29 is 4.74 Å². The monoisotopic (exact) mass is 271 g/mol. The van der Waals surface area contributed by atoms with Gasteiger partial charge in [-0.1, -0.05) is 25.0 Å². The number of nitrogens with two attached hydrogens (primary N) is 1. The third-order valence-electron chi connectivity index (χ3n) is 4.24. The molecule has 0 saturated heterocycles. The summed E-state index contributed by atoms with van der Waals surface area (Å²) in [5.41, 5.74) is 8.14. The quantitative estimate of drug-likeness (QED) is 0.931. The average Bonchev–Trinajstić information content (AvgIpc) is 3.09. The van der Waals surface area contributed by atoms with Crippen molar-refractivity contribution in [2.24, 2.45) is 7.05 Å². The van der Waals surface area contributed by atoms with Gasteiger partial charge in [-0.3, -0.25) is 0 Å². The molecule has 0 aliphatic heterocycles. The Kier molecular flexibility index (Phi) is 3.38. The second kappa shape index (κ2) is 5.19. The predicted molar refractivity (Wildman–Crippen MR) is 80.8 cm³/mol. The Bertz CT molecular complexity index is 612. The molecule has 0 radical (unpaired) electrons. The number of imidazole rings is 1. The summed E-state index contributed by atoms with van der Waals surface area (Å²) in [6.07, 6.45) is 5.04. The van der Waals surface area contributed by atoms with Crippen LogP contribution in [0.4, 0.5) is 5.82 Å². The van der Waals surface area contributed by atoms with Gasteiger partial charge in [0, 0.05) is 18.5 Å². The van der Waals surface area contributed by atoms with E-state index in [-0.39, 0.29) is 0 Å². The number of ether oxygens (including phenoxy) is 1. The molecular formula is C16H21N3O. The molecule has 0 spiro atoms. The molecule has 2 N–H and O–H groups in total. The molecule has 1 fully saturated rings. The highest BCUT2D eigenvalue weighted by Crippen LogP contribution is 2.37. The zero-order valence-electron chi connectivity index (χ0n) is 12.1. The molecule has 1 aliphatic rings. The van der Waals surface area contributed by atoms with Gasteiger partial charge >= 0.3 is 0 Å². The van der Waals surface area contributed by atoms with Crippen LogP contribution >= 0.6 is 0 Å².